The molecule has 0 radical (unpaired) electrons. The normalized spacial score (nSPS) is 13.3. The number of carbonyl (C=O) groups is 1. The Kier molecular flexibility index (Phi) is 3.42. The maximum absolute atomic E-state index is 11.2. The molecular weight excluding hydrogens is 248 g/mol. The van der Waals surface area contributed by atoms with Crippen LogP contribution in [0.25, 0.3) is 0 Å². The number of carbonyl (C=O) groups excluding carboxylic acids is 1. The molecule has 0 spiro atoms. The second-order valence-corrected chi connectivity index (χ2v) is 5.18. The predicted molar refractivity (Wildman–Crippen MR) is 81.0 cm³/mol. The number of amides is 1. The van der Waals surface area contributed by atoms with Gasteiger partial charge in [0.25, 0.3) is 0 Å². The zero-order valence-electron chi connectivity index (χ0n) is 11.4. The van der Waals surface area contributed by atoms with Crippen molar-refractivity contribution in [2.24, 2.45) is 5.73 Å². The molecule has 0 unspecified atom stereocenters. The lowest BCUT2D eigenvalue weighted by molar-refractivity contribution is 0.1000. The summed E-state index contributed by atoms with van der Waals surface area (Å²) >= 11 is 0. The molecule has 102 valence electrons. The Balaban J connectivity index is 1.72. The first-order valence-corrected chi connectivity index (χ1v) is 6.95. The highest BCUT2D eigenvalue weighted by Crippen LogP contribution is 2.28. The van der Waals surface area contributed by atoms with Crippen LogP contribution < -0.4 is 10.6 Å². The SMILES string of the molecule is NC(=O)c1ccc2c(c1)CCN2CCc1ccccc1. The molecule has 1 heterocycles. The van der Waals surface area contributed by atoms with Crippen molar-refractivity contribution in [3.63, 3.8) is 0 Å². The third kappa shape index (κ3) is 2.52. The van der Waals surface area contributed by atoms with E-state index in [0.717, 1.165) is 25.9 Å². The van der Waals surface area contributed by atoms with Crippen LogP contribution in [0.1, 0.15) is 21.5 Å². The monoisotopic (exact) mass is 266 g/mol. The number of benzene rings is 2. The minimum absolute atomic E-state index is 0.351. The van der Waals surface area contributed by atoms with Gasteiger partial charge in [-0.1, -0.05) is 30.3 Å². The Hall–Kier alpha value is -2.29. The molecule has 3 rings (SSSR count). The van der Waals surface area contributed by atoms with E-state index in [1.54, 1.807) is 0 Å². The van der Waals surface area contributed by atoms with E-state index in [0.29, 0.717) is 5.56 Å². The molecule has 0 fully saturated rings. The lowest BCUT2D eigenvalue weighted by Gasteiger charge is -2.19. The maximum Gasteiger partial charge on any atom is 0.248 e. The Morgan fingerprint density at radius 3 is 2.70 bits per heavy atom. The molecule has 2 N–H and O–H groups in total. The molecule has 20 heavy (non-hydrogen) atoms. The number of hydrogen-bond acceptors (Lipinski definition) is 2. The topological polar surface area (TPSA) is 46.3 Å². The quantitative estimate of drug-likeness (QED) is 0.923. The fourth-order valence-electron chi connectivity index (χ4n) is 2.76. The molecule has 0 saturated carbocycles. The van der Waals surface area contributed by atoms with Gasteiger partial charge >= 0.3 is 0 Å². The van der Waals surface area contributed by atoms with Gasteiger partial charge in [0.2, 0.25) is 5.91 Å². The molecule has 2 aromatic carbocycles. The number of fused-ring (bicyclic) bond motifs is 1. The molecule has 0 aromatic heterocycles. The van der Waals surface area contributed by atoms with E-state index >= 15 is 0 Å². The lowest BCUT2D eigenvalue weighted by atomic mass is 10.1. The predicted octanol–water partition coefficient (Wildman–Crippen LogP) is 2.39. The molecule has 0 atom stereocenters. The van der Waals surface area contributed by atoms with Crippen molar-refractivity contribution in [1.29, 1.82) is 0 Å². The van der Waals surface area contributed by atoms with Crippen LogP contribution in [0.15, 0.2) is 48.5 Å². The number of nitrogens with two attached hydrogens (primary N) is 1. The zero-order chi connectivity index (χ0) is 13.9. The van der Waals surface area contributed by atoms with Gasteiger partial charge in [-0.25, -0.2) is 0 Å². The maximum atomic E-state index is 11.2. The van der Waals surface area contributed by atoms with Crippen LogP contribution in [0.3, 0.4) is 0 Å². The summed E-state index contributed by atoms with van der Waals surface area (Å²) in [6.07, 6.45) is 2.03. The summed E-state index contributed by atoms with van der Waals surface area (Å²) < 4.78 is 0. The number of hydrogen-bond donors (Lipinski definition) is 1. The van der Waals surface area contributed by atoms with Gasteiger partial charge in [-0.3, -0.25) is 4.79 Å². The van der Waals surface area contributed by atoms with E-state index < -0.39 is 0 Å². The third-order valence-corrected chi connectivity index (χ3v) is 3.87. The first-order valence-electron chi connectivity index (χ1n) is 6.95. The summed E-state index contributed by atoms with van der Waals surface area (Å²) in [5.41, 5.74) is 9.76. The van der Waals surface area contributed by atoms with E-state index in [1.165, 1.54) is 16.8 Å². The molecule has 1 aliphatic heterocycles. The first kappa shape index (κ1) is 12.7. The second-order valence-electron chi connectivity index (χ2n) is 5.18. The van der Waals surface area contributed by atoms with Crippen molar-refractivity contribution in [2.45, 2.75) is 12.8 Å². The summed E-state index contributed by atoms with van der Waals surface area (Å²) in [5.74, 6) is -0.351. The van der Waals surface area contributed by atoms with Gasteiger partial charge in [0.1, 0.15) is 0 Å². The zero-order valence-corrected chi connectivity index (χ0v) is 11.4. The summed E-state index contributed by atoms with van der Waals surface area (Å²) in [6, 6.07) is 16.3. The molecule has 0 aliphatic carbocycles. The summed E-state index contributed by atoms with van der Waals surface area (Å²) in [6.45, 7) is 2.03. The standard InChI is InChI=1S/C17H18N2O/c18-17(20)15-6-7-16-14(12-15)9-11-19(16)10-8-13-4-2-1-3-5-13/h1-7,12H,8-11H2,(H2,18,20). The van der Waals surface area contributed by atoms with E-state index in [1.807, 2.05) is 24.3 Å². The van der Waals surface area contributed by atoms with E-state index in [-0.39, 0.29) is 5.91 Å². The number of primary amides is 1. The highest BCUT2D eigenvalue weighted by Gasteiger charge is 2.19. The average molecular weight is 266 g/mol. The summed E-state index contributed by atoms with van der Waals surface area (Å²) in [5, 5.41) is 0. The Labute approximate surface area is 119 Å². The Morgan fingerprint density at radius 1 is 1.15 bits per heavy atom. The number of nitrogens with zero attached hydrogens (tertiary/aromatic N) is 1. The highest BCUT2D eigenvalue weighted by molar-refractivity contribution is 5.93. The minimum Gasteiger partial charge on any atom is -0.371 e. The third-order valence-electron chi connectivity index (χ3n) is 3.87. The van der Waals surface area contributed by atoms with Gasteiger partial charge in [-0.2, -0.15) is 0 Å². The number of anilines is 1. The van der Waals surface area contributed by atoms with Crippen molar-refractivity contribution in [2.75, 3.05) is 18.0 Å². The molecular formula is C17H18N2O. The molecule has 3 heteroatoms. The summed E-state index contributed by atoms with van der Waals surface area (Å²) in [4.78, 5) is 13.6. The Morgan fingerprint density at radius 2 is 1.95 bits per heavy atom. The van der Waals surface area contributed by atoms with Gasteiger partial charge in [-0.05, 0) is 42.2 Å². The van der Waals surface area contributed by atoms with Crippen LogP contribution >= 0.6 is 0 Å². The van der Waals surface area contributed by atoms with Crippen LogP contribution in [-0.4, -0.2) is 19.0 Å². The van der Waals surface area contributed by atoms with E-state index in [2.05, 4.69) is 29.2 Å². The molecule has 0 bridgehead atoms. The lowest BCUT2D eigenvalue weighted by Crippen LogP contribution is -2.23. The van der Waals surface area contributed by atoms with Gasteiger partial charge in [0.15, 0.2) is 0 Å². The first-order chi connectivity index (χ1) is 9.74. The molecule has 3 nitrogen and oxygen atoms in total. The van der Waals surface area contributed by atoms with E-state index in [9.17, 15) is 4.79 Å². The van der Waals surface area contributed by atoms with Crippen molar-refractivity contribution in [3.8, 4) is 0 Å². The van der Waals surface area contributed by atoms with Crippen LogP contribution in [0.2, 0.25) is 0 Å². The minimum atomic E-state index is -0.351. The van der Waals surface area contributed by atoms with Crippen LogP contribution in [-0.2, 0) is 12.8 Å². The van der Waals surface area contributed by atoms with Gasteiger partial charge in [0.05, 0.1) is 0 Å². The van der Waals surface area contributed by atoms with Crippen LogP contribution in [0.5, 0.6) is 0 Å². The van der Waals surface area contributed by atoms with Crippen LogP contribution in [0.4, 0.5) is 5.69 Å². The Bertz CT molecular complexity index is 622. The van der Waals surface area contributed by atoms with Crippen molar-refractivity contribution in [1.82, 2.24) is 0 Å². The average Bonchev–Trinajstić information content (AvgIpc) is 2.88. The smallest absolute Gasteiger partial charge is 0.248 e. The van der Waals surface area contributed by atoms with Crippen molar-refractivity contribution < 1.29 is 4.79 Å². The molecule has 1 amide bonds. The van der Waals surface area contributed by atoms with Crippen LogP contribution in [0, 0.1) is 0 Å². The van der Waals surface area contributed by atoms with Gasteiger partial charge in [-0.15, -0.1) is 0 Å². The fourth-order valence-corrected chi connectivity index (χ4v) is 2.76. The largest absolute Gasteiger partial charge is 0.371 e. The van der Waals surface area contributed by atoms with Crippen molar-refractivity contribution >= 4 is 11.6 Å². The molecule has 0 saturated heterocycles. The van der Waals surface area contributed by atoms with Gasteiger partial charge < -0.3 is 10.6 Å². The molecule has 2 aromatic rings. The fraction of sp³-hybridized carbons (Fsp3) is 0.235. The van der Waals surface area contributed by atoms with E-state index in [4.69, 9.17) is 5.73 Å². The number of rotatable bonds is 4. The van der Waals surface area contributed by atoms with Crippen molar-refractivity contribution in [3.05, 3.63) is 65.2 Å². The second kappa shape index (κ2) is 5.37. The summed E-state index contributed by atoms with van der Waals surface area (Å²) in [7, 11) is 0. The molecule has 1 aliphatic rings. The van der Waals surface area contributed by atoms with Gasteiger partial charge in [0, 0.05) is 24.3 Å². The highest BCUT2D eigenvalue weighted by atomic mass is 16.1.